The molecule has 3 rings (SSSR count). The second-order valence-electron chi connectivity index (χ2n) is 5.19. The first-order valence-corrected chi connectivity index (χ1v) is 8.61. The Hall–Kier alpha value is -1.46. The summed E-state index contributed by atoms with van der Waals surface area (Å²) >= 11 is 7.36. The molecule has 0 spiro atoms. The standard InChI is InChI=1S/C16H19N3S2/c1-2-3-10-19-15(13-8-6-11-21-13)14(18-16(19)20)12-7-4-5-9-17-12/h4-9,11,14-15H,2-3,10H2,1H3,(H,18,20)/t14-,15-/m0/s1. The van der Waals surface area contributed by atoms with Gasteiger partial charge in [-0.1, -0.05) is 25.5 Å². The predicted molar refractivity (Wildman–Crippen MR) is 91.4 cm³/mol. The molecular weight excluding hydrogens is 298 g/mol. The van der Waals surface area contributed by atoms with Crippen LogP contribution < -0.4 is 5.32 Å². The molecule has 1 aliphatic rings. The number of nitrogens with zero attached hydrogens (tertiary/aromatic N) is 2. The molecule has 0 aromatic carbocycles. The van der Waals surface area contributed by atoms with Gasteiger partial charge in [0.05, 0.1) is 17.8 Å². The molecule has 5 heteroatoms. The molecule has 0 radical (unpaired) electrons. The minimum atomic E-state index is 0.134. The van der Waals surface area contributed by atoms with Gasteiger partial charge < -0.3 is 10.2 Å². The highest BCUT2D eigenvalue weighted by Gasteiger charge is 2.39. The Morgan fingerprint density at radius 1 is 1.33 bits per heavy atom. The van der Waals surface area contributed by atoms with Crippen molar-refractivity contribution in [3.63, 3.8) is 0 Å². The zero-order valence-electron chi connectivity index (χ0n) is 12.0. The normalized spacial score (nSPS) is 21.6. The van der Waals surface area contributed by atoms with E-state index in [0.29, 0.717) is 0 Å². The zero-order chi connectivity index (χ0) is 14.7. The monoisotopic (exact) mass is 317 g/mol. The molecule has 3 nitrogen and oxygen atoms in total. The van der Waals surface area contributed by atoms with Gasteiger partial charge in [0.1, 0.15) is 0 Å². The van der Waals surface area contributed by atoms with Crippen LogP contribution in [0.15, 0.2) is 41.9 Å². The Balaban J connectivity index is 1.94. The lowest BCUT2D eigenvalue weighted by Gasteiger charge is -2.26. The number of hydrogen-bond donors (Lipinski definition) is 1. The summed E-state index contributed by atoms with van der Waals surface area (Å²) in [5.74, 6) is 0. The number of aromatic nitrogens is 1. The van der Waals surface area contributed by atoms with E-state index in [4.69, 9.17) is 12.2 Å². The van der Waals surface area contributed by atoms with Gasteiger partial charge in [0.25, 0.3) is 0 Å². The van der Waals surface area contributed by atoms with Gasteiger partial charge in [0.2, 0.25) is 0 Å². The summed E-state index contributed by atoms with van der Waals surface area (Å²) in [5.41, 5.74) is 1.05. The van der Waals surface area contributed by atoms with E-state index in [2.05, 4.69) is 45.7 Å². The number of hydrogen-bond acceptors (Lipinski definition) is 3. The summed E-state index contributed by atoms with van der Waals surface area (Å²) in [6.07, 6.45) is 4.17. The van der Waals surface area contributed by atoms with Crippen LogP contribution in [0, 0.1) is 0 Å². The average Bonchev–Trinajstić information content (AvgIpc) is 3.13. The van der Waals surface area contributed by atoms with Crippen molar-refractivity contribution in [3.8, 4) is 0 Å². The molecule has 0 amide bonds. The summed E-state index contributed by atoms with van der Waals surface area (Å²) in [4.78, 5) is 8.19. The second-order valence-corrected chi connectivity index (χ2v) is 6.55. The van der Waals surface area contributed by atoms with E-state index in [1.807, 2.05) is 18.3 Å². The van der Waals surface area contributed by atoms with Crippen molar-refractivity contribution < 1.29 is 0 Å². The Bertz CT molecular complexity index is 583. The van der Waals surface area contributed by atoms with E-state index >= 15 is 0 Å². The molecule has 1 N–H and O–H groups in total. The molecule has 2 aromatic rings. The third kappa shape index (κ3) is 2.94. The Kier molecular flexibility index (Phi) is 4.51. The largest absolute Gasteiger partial charge is 0.352 e. The van der Waals surface area contributed by atoms with Crippen LogP contribution in [0.3, 0.4) is 0 Å². The molecule has 2 atom stereocenters. The summed E-state index contributed by atoms with van der Waals surface area (Å²) in [6, 6.07) is 10.7. The van der Waals surface area contributed by atoms with Gasteiger partial charge in [-0.3, -0.25) is 4.98 Å². The number of rotatable bonds is 5. The fraction of sp³-hybridized carbons (Fsp3) is 0.375. The van der Waals surface area contributed by atoms with Crippen LogP contribution in [0.25, 0.3) is 0 Å². The predicted octanol–water partition coefficient (Wildman–Crippen LogP) is 3.92. The van der Waals surface area contributed by atoms with Crippen LogP contribution in [0.1, 0.15) is 42.4 Å². The van der Waals surface area contributed by atoms with E-state index < -0.39 is 0 Å². The zero-order valence-corrected chi connectivity index (χ0v) is 13.7. The van der Waals surface area contributed by atoms with Crippen molar-refractivity contribution in [2.75, 3.05) is 6.54 Å². The number of unbranched alkanes of at least 4 members (excludes halogenated alkanes) is 1. The molecule has 110 valence electrons. The summed E-state index contributed by atoms with van der Waals surface area (Å²) in [7, 11) is 0. The Morgan fingerprint density at radius 2 is 2.24 bits per heavy atom. The molecule has 1 aliphatic heterocycles. The van der Waals surface area contributed by atoms with Crippen molar-refractivity contribution in [3.05, 3.63) is 52.5 Å². The Labute approximate surface area is 135 Å². The van der Waals surface area contributed by atoms with Gasteiger partial charge in [-0.2, -0.15) is 0 Å². The topological polar surface area (TPSA) is 28.2 Å². The van der Waals surface area contributed by atoms with Crippen LogP contribution in [-0.4, -0.2) is 21.5 Å². The summed E-state index contributed by atoms with van der Waals surface area (Å²) < 4.78 is 0. The first-order chi connectivity index (χ1) is 10.3. The van der Waals surface area contributed by atoms with Crippen molar-refractivity contribution in [1.29, 1.82) is 0 Å². The van der Waals surface area contributed by atoms with Crippen molar-refractivity contribution in [2.24, 2.45) is 0 Å². The average molecular weight is 317 g/mol. The van der Waals surface area contributed by atoms with E-state index in [1.54, 1.807) is 11.3 Å². The fourth-order valence-electron chi connectivity index (χ4n) is 2.74. The molecule has 1 saturated heterocycles. The van der Waals surface area contributed by atoms with Crippen molar-refractivity contribution in [1.82, 2.24) is 15.2 Å². The van der Waals surface area contributed by atoms with Gasteiger partial charge in [-0.15, -0.1) is 11.3 Å². The molecule has 0 unspecified atom stereocenters. The number of pyridine rings is 1. The lowest BCUT2D eigenvalue weighted by atomic mass is 10.0. The van der Waals surface area contributed by atoms with Crippen LogP contribution in [0.5, 0.6) is 0 Å². The highest BCUT2D eigenvalue weighted by atomic mass is 32.1. The van der Waals surface area contributed by atoms with E-state index in [1.165, 1.54) is 11.3 Å². The second kappa shape index (κ2) is 6.54. The van der Waals surface area contributed by atoms with Gasteiger partial charge in [-0.05, 0) is 42.2 Å². The molecule has 2 aromatic heterocycles. The summed E-state index contributed by atoms with van der Waals surface area (Å²) in [6.45, 7) is 3.21. The van der Waals surface area contributed by atoms with Gasteiger partial charge in [0, 0.05) is 17.6 Å². The maximum absolute atomic E-state index is 5.57. The number of thiocarbonyl (C=S) groups is 1. The van der Waals surface area contributed by atoms with Crippen LogP contribution in [0.4, 0.5) is 0 Å². The molecule has 21 heavy (non-hydrogen) atoms. The van der Waals surface area contributed by atoms with Gasteiger partial charge >= 0.3 is 0 Å². The molecule has 0 aliphatic carbocycles. The van der Waals surface area contributed by atoms with Crippen molar-refractivity contribution in [2.45, 2.75) is 31.8 Å². The molecule has 0 saturated carbocycles. The quantitative estimate of drug-likeness (QED) is 0.846. The number of thiophene rings is 1. The van der Waals surface area contributed by atoms with Gasteiger partial charge in [0.15, 0.2) is 5.11 Å². The fourth-order valence-corrected chi connectivity index (χ4v) is 3.95. The third-order valence-electron chi connectivity index (χ3n) is 3.79. The smallest absolute Gasteiger partial charge is 0.170 e. The lowest BCUT2D eigenvalue weighted by Crippen LogP contribution is -2.30. The maximum atomic E-state index is 5.57. The van der Waals surface area contributed by atoms with E-state index in [-0.39, 0.29) is 12.1 Å². The third-order valence-corrected chi connectivity index (χ3v) is 5.08. The highest BCUT2D eigenvalue weighted by Crippen LogP contribution is 2.40. The SMILES string of the molecule is CCCCN1C(=S)N[C@@H](c2ccccn2)[C@@H]1c1cccs1. The molecule has 0 bridgehead atoms. The molecule has 1 fully saturated rings. The molecule has 3 heterocycles. The first-order valence-electron chi connectivity index (χ1n) is 7.32. The minimum Gasteiger partial charge on any atom is -0.352 e. The maximum Gasteiger partial charge on any atom is 0.170 e. The first kappa shape index (κ1) is 14.5. The highest BCUT2D eigenvalue weighted by molar-refractivity contribution is 7.80. The van der Waals surface area contributed by atoms with Crippen LogP contribution in [-0.2, 0) is 0 Å². The van der Waals surface area contributed by atoms with E-state index in [9.17, 15) is 0 Å². The van der Waals surface area contributed by atoms with Crippen LogP contribution >= 0.6 is 23.6 Å². The molecular formula is C16H19N3S2. The van der Waals surface area contributed by atoms with E-state index in [0.717, 1.165) is 23.8 Å². The van der Waals surface area contributed by atoms with Gasteiger partial charge in [-0.25, -0.2) is 0 Å². The van der Waals surface area contributed by atoms with Crippen LogP contribution in [0.2, 0.25) is 0 Å². The lowest BCUT2D eigenvalue weighted by molar-refractivity contribution is 0.317. The summed E-state index contributed by atoms with van der Waals surface area (Å²) in [5, 5.41) is 6.44. The minimum absolute atomic E-state index is 0.134. The van der Waals surface area contributed by atoms with Crippen molar-refractivity contribution >= 4 is 28.7 Å². The Morgan fingerprint density at radius 3 is 2.90 bits per heavy atom. The number of nitrogens with one attached hydrogen (secondary N) is 1.